The molecule has 0 saturated carbocycles. The molecule has 1 aromatic carbocycles. The molecule has 1 atom stereocenters. The van der Waals surface area contributed by atoms with Crippen molar-refractivity contribution in [3.05, 3.63) is 23.8 Å². The molecule has 0 amide bonds. The summed E-state index contributed by atoms with van der Waals surface area (Å²) in [7, 11) is 0. The highest BCUT2D eigenvalue weighted by atomic mass is 16.5. The normalized spacial score (nSPS) is 12.3. The van der Waals surface area contributed by atoms with Crippen LogP contribution in [-0.2, 0) is 4.74 Å². The van der Waals surface area contributed by atoms with E-state index in [0.717, 1.165) is 0 Å². The summed E-state index contributed by atoms with van der Waals surface area (Å²) in [5.41, 5.74) is 0.592. The van der Waals surface area contributed by atoms with Crippen molar-refractivity contribution in [1.29, 1.82) is 0 Å². The van der Waals surface area contributed by atoms with Crippen LogP contribution in [0.2, 0.25) is 0 Å². The highest BCUT2D eigenvalue weighted by Crippen LogP contribution is 2.29. The zero-order valence-electron chi connectivity index (χ0n) is 13.6. The van der Waals surface area contributed by atoms with Gasteiger partial charge in [-0.1, -0.05) is 13.8 Å². The van der Waals surface area contributed by atoms with Crippen LogP contribution >= 0.6 is 0 Å². The molecule has 0 spiro atoms. The number of ether oxygens (including phenoxy) is 3. The van der Waals surface area contributed by atoms with Crippen LogP contribution in [0.25, 0.3) is 0 Å². The lowest BCUT2D eigenvalue weighted by Crippen LogP contribution is -2.29. The van der Waals surface area contributed by atoms with E-state index < -0.39 is 6.10 Å². The van der Waals surface area contributed by atoms with Gasteiger partial charge in [0, 0.05) is 12.2 Å². The van der Waals surface area contributed by atoms with Gasteiger partial charge in [0.05, 0.1) is 13.2 Å². The van der Waals surface area contributed by atoms with E-state index in [1.54, 1.807) is 18.2 Å². The van der Waals surface area contributed by atoms with Crippen LogP contribution in [0, 0.1) is 5.92 Å². The third kappa shape index (κ3) is 4.74. The Bertz CT molecular complexity index is 454. The minimum Gasteiger partial charge on any atom is -0.490 e. The van der Waals surface area contributed by atoms with E-state index in [0.29, 0.717) is 36.9 Å². The third-order valence-electron chi connectivity index (χ3n) is 3.04. The third-order valence-corrected chi connectivity index (χ3v) is 3.04. The fraction of sp³-hybridized carbons (Fsp3) is 0.588. The standard InChI is InChI=1S/C17H26O4/c1-6-19-14-10-9-13(11-15(14)20-7-2)16(18)17(12(4)5)21-8-3/h9-12,17H,6-8H2,1-5H3. The van der Waals surface area contributed by atoms with Crippen LogP contribution in [0.1, 0.15) is 45.0 Å². The molecule has 4 heteroatoms. The molecule has 1 rings (SSSR count). The second-order valence-electron chi connectivity index (χ2n) is 5.01. The van der Waals surface area contributed by atoms with Gasteiger partial charge >= 0.3 is 0 Å². The minimum absolute atomic E-state index is 0.0177. The Morgan fingerprint density at radius 2 is 1.62 bits per heavy atom. The molecular formula is C17H26O4. The predicted molar refractivity (Wildman–Crippen MR) is 83.4 cm³/mol. The van der Waals surface area contributed by atoms with E-state index in [9.17, 15) is 4.79 Å². The number of carbonyl (C=O) groups excluding carboxylic acids is 1. The van der Waals surface area contributed by atoms with Crippen molar-refractivity contribution in [1.82, 2.24) is 0 Å². The largest absolute Gasteiger partial charge is 0.490 e. The molecule has 0 aliphatic heterocycles. The van der Waals surface area contributed by atoms with Gasteiger partial charge in [-0.25, -0.2) is 0 Å². The van der Waals surface area contributed by atoms with Gasteiger partial charge in [0.1, 0.15) is 6.10 Å². The van der Waals surface area contributed by atoms with Crippen LogP contribution in [0.4, 0.5) is 0 Å². The van der Waals surface area contributed by atoms with Crippen molar-refractivity contribution in [3.63, 3.8) is 0 Å². The first-order chi connectivity index (χ1) is 10.0. The first-order valence-electron chi connectivity index (χ1n) is 7.60. The summed E-state index contributed by atoms with van der Waals surface area (Å²) < 4.78 is 16.7. The first kappa shape index (κ1) is 17.5. The van der Waals surface area contributed by atoms with Gasteiger partial charge < -0.3 is 14.2 Å². The first-order valence-corrected chi connectivity index (χ1v) is 7.60. The van der Waals surface area contributed by atoms with Gasteiger partial charge in [-0.2, -0.15) is 0 Å². The van der Waals surface area contributed by atoms with E-state index in [2.05, 4.69) is 0 Å². The molecule has 4 nitrogen and oxygen atoms in total. The second-order valence-corrected chi connectivity index (χ2v) is 5.01. The van der Waals surface area contributed by atoms with E-state index in [1.807, 2.05) is 34.6 Å². The number of ketones is 1. The molecule has 0 heterocycles. The summed E-state index contributed by atoms with van der Waals surface area (Å²) in [5, 5.41) is 0. The van der Waals surface area contributed by atoms with Gasteiger partial charge in [-0.3, -0.25) is 4.79 Å². The molecule has 0 radical (unpaired) electrons. The maximum absolute atomic E-state index is 12.6. The Morgan fingerprint density at radius 3 is 2.14 bits per heavy atom. The smallest absolute Gasteiger partial charge is 0.191 e. The Hall–Kier alpha value is -1.55. The Morgan fingerprint density at radius 1 is 1.00 bits per heavy atom. The molecule has 0 aromatic heterocycles. The van der Waals surface area contributed by atoms with Crippen molar-refractivity contribution in [2.45, 2.75) is 40.7 Å². The van der Waals surface area contributed by atoms with Crippen molar-refractivity contribution in [2.24, 2.45) is 5.92 Å². The lowest BCUT2D eigenvalue weighted by Gasteiger charge is -2.20. The van der Waals surface area contributed by atoms with Crippen molar-refractivity contribution in [2.75, 3.05) is 19.8 Å². The molecule has 0 N–H and O–H groups in total. The molecule has 0 aliphatic carbocycles. The monoisotopic (exact) mass is 294 g/mol. The van der Waals surface area contributed by atoms with Crippen molar-refractivity contribution < 1.29 is 19.0 Å². The lowest BCUT2D eigenvalue weighted by atomic mass is 9.97. The van der Waals surface area contributed by atoms with Crippen LogP contribution in [0.3, 0.4) is 0 Å². The van der Waals surface area contributed by atoms with Gasteiger partial charge in [-0.05, 0) is 44.9 Å². The fourth-order valence-electron chi connectivity index (χ4n) is 2.12. The Balaban J connectivity index is 3.06. The van der Waals surface area contributed by atoms with Crippen molar-refractivity contribution >= 4 is 5.78 Å². The van der Waals surface area contributed by atoms with Crippen LogP contribution in [0.15, 0.2) is 18.2 Å². The SMILES string of the molecule is CCOc1ccc(C(=O)C(OCC)C(C)C)cc1OCC. The molecule has 21 heavy (non-hydrogen) atoms. The van der Waals surface area contributed by atoms with Crippen molar-refractivity contribution in [3.8, 4) is 11.5 Å². The van der Waals surface area contributed by atoms with E-state index >= 15 is 0 Å². The van der Waals surface area contributed by atoms with E-state index in [4.69, 9.17) is 14.2 Å². The summed E-state index contributed by atoms with van der Waals surface area (Å²) in [6, 6.07) is 5.29. The maximum Gasteiger partial charge on any atom is 0.191 e. The fourth-order valence-corrected chi connectivity index (χ4v) is 2.12. The number of rotatable bonds is 9. The van der Waals surface area contributed by atoms with E-state index in [1.165, 1.54) is 0 Å². The quantitative estimate of drug-likeness (QED) is 0.651. The average Bonchev–Trinajstić information content (AvgIpc) is 2.46. The maximum atomic E-state index is 12.6. The highest BCUT2D eigenvalue weighted by Gasteiger charge is 2.24. The van der Waals surface area contributed by atoms with E-state index in [-0.39, 0.29) is 11.7 Å². The predicted octanol–water partition coefficient (Wildman–Crippen LogP) is 3.73. The summed E-state index contributed by atoms with van der Waals surface area (Å²) in [6.07, 6.45) is -0.428. The molecule has 0 fully saturated rings. The van der Waals surface area contributed by atoms with Gasteiger partial charge in [0.25, 0.3) is 0 Å². The molecule has 1 aromatic rings. The Kier molecular flexibility index (Phi) is 7.23. The number of carbonyl (C=O) groups is 1. The Labute approximate surface area is 127 Å². The molecule has 0 saturated heterocycles. The summed E-state index contributed by atoms with van der Waals surface area (Å²) in [5.74, 6) is 1.37. The number of hydrogen-bond acceptors (Lipinski definition) is 4. The molecular weight excluding hydrogens is 268 g/mol. The highest BCUT2D eigenvalue weighted by molar-refractivity contribution is 6.00. The topological polar surface area (TPSA) is 44.8 Å². The number of benzene rings is 1. The van der Waals surface area contributed by atoms with Gasteiger partial charge in [-0.15, -0.1) is 0 Å². The average molecular weight is 294 g/mol. The van der Waals surface area contributed by atoms with Crippen LogP contribution in [-0.4, -0.2) is 31.7 Å². The zero-order valence-corrected chi connectivity index (χ0v) is 13.6. The summed E-state index contributed by atoms with van der Waals surface area (Å²) >= 11 is 0. The number of hydrogen-bond donors (Lipinski definition) is 0. The second kappa shape index (κ2) is 8.67. The lowest BCUT2D eigenvalue weighted by molar-refractivity contribution is 0.0279. The van der Waals surface area contributed by atoms with Crippen LogP contribution < -0.4 is 9.47 Å². The molecule has 1 unspecified atom stereocenters. The molecule has 0 bridgehead atoms. The summed E-state index contributed by atoms with van der Waals surface area (Å²) in [4.78, 5) is 12.6. The van der Waals surface area contributed by atoms with Gasteiger partial charge in [0.2, 0.25) is 0 Å². The minimum atomic E-state index is -0.428. The molecule has 118 valence electrons. The number of Topliss-reactive ketones (excluding diaryl/α,β-unsaturated/α-hetero) is 1. The van der Waals surface area contributed by atoms with Gasteiger partial charge in [0.15, 0.2) is 17.3 Å². The molecule has 0 aliphatic rings. The van der Waals surface area contributed by atoms with Crippen LogP contribution in [0.5, 0.6) is 11.5 Å². The summed E-state index contributed by atoms with van der Waals surface area (Å²) in [6.45, 7) is 11.3. The zero-order chi connectivity index (χ0) is 15.8.